The number of halogens is 2. The van der Waals surface area contributed by atoms with Gasteiger partial charge in [-0.2, -0.15) is 11.1 Å². The maximum Gasteiger partial charge on any atom is -1.00 e. The minimum Gasteiger partial charge on any atom is -1.00 e. The zero-order valence-corrected chi connectivity index (χ0v) is 17.2. The summed E-state index contributed by atoms with van der Waals surface area (Å²) in [7, 11) is 0. The normalized spacial score (nSPS) is 23.2. The van der Waals surface area contributed by atoms with Crippen LogP contribution in [0.15, 0.2) is 40.5 Å². The number of hydrogen-bond donors (Lipinski definition) is 0. The van der Waals surface area contributed by atoms with E-state index in [1.165, 1.54) is 25.5 Å². The molecule has 1 unspecified atom stereocenters. The summed E-state index contributed by atoms with van der Waals surface area (Å²) in [6.45, 7) is 13.1. The Bertz CT molecular complexity index is 477. The molecule has 2 aliphatic rings. The van der Waals surface area contributed by atoms with Gasteiger partial charge < -0.3 is 24.8 Å². The predicted molar refractivity (Wildman–Crippen MR) is 77.1 cm³/mol. The van der Waals surface area contributed by atoms with Crippen LogP contribution in [0.3, 0.4) is 0 Å². The van der Waals surface area contributed by atoms with Crippen LogP contribution in [0.2, 0.25) is 0 Å². The quantitative estimate of drug-likeness (QED) is 0.491. The van der Waals surface area contributed by atoms with Crippen molar-refractivity contribution in [3.8, 4) is 0 Å². The molecule has 0 fully saturated rings. The molecule has 0 bridgehead atoms. The molecule has 1 atom stereocenters. The fourth-order valence-electron chi connectivity index (χ4n) is 2.36. The minimum atomic E-state index is 0. The zero-order valence-electron chi connectivity index (χ0n) is 13.2. The zero-order chi connectivity index (χ0) is 13.9. The molecule has 0 aliphatic heterocycles. The molecule has 0 saturated heterocycles. The van der Waals surface area contributed by atoms with E-state index in [9.17, 15) is 0 Å². The van der Waals surface area contributed by atoms with E-state index in [-0.39, 0.29) is 30.2 Å². The van der Waals surface area contributed by atoms with Gasteiger partial charge in [0.25, 0.3) is 0 Å². The Morgan fingerprint density at radius 2 is 1.70 bits per heavy atom. The van der Waals surface area contributed by atoms with Crippen LogP contribution in [0.5, 0.6) is 0 Å². The summed E-state index contributed by atoms with van der Waals surface area (Å²) in [6.07, 6.45) is 11.3. The van der Waals surface area contributed by atoms with Crippen LogP contribution in [0.4, 0.5) is 0 Å². The van der Waals surface area contributed by atoms with Gasteiger partial charge >= 0.3 is 41.3 Å². The van der Waals surface area contributed by atoms with Crippen LogP contribution in [0.1, 0.15) is 48.0 Å². The van der Waals surface area contributed by atoms with Crippen molar-refractivity contribution in [2.75, 3.05) is 0 Å². The van der Waals surface area contributed by atoms with Gasteiger partial charge in [-0.1, -0.05) is 50.0 Å². The van der Waals surface area contributed by atoms with Crippen molar-refractivity contribution in [2.45, 2.75) is 48.0 Å². The average Bonchev–Trinajstić information content (AvgIpc) is 2.84. The molecular weight excluding hydrogens is 366 g/mol. The molecule has 0 amide bonds. The third-order valence-electron chi connectivity index (χ3n) is 3.73. The summed E-state index contributed by atoms with van der Waals surface area (Å²) in [5.41, 5.74) is 5.74. The van der Waals surface area contributed by atoms with Gasteiger partial charge in [-0.05, 0) is 6.42 Å². The van der Waals surface area contributed by atoms with Gasteiger partial charge in [-0.3, -0.25) is 6.08 Å². The first-order valence-corrected chi connectivity index (χ1v) is 7.70. The molecule has 0 spiro atoms. The smallest absolute Gasteiger partial charge is 1.00 e. The number of hydrogen-bond acceptors (Lipinski definition) is 0. The molecule has 0 nitrogen and oxygen atoms in total. The maximum atomic E-state index is 3.61. The van der Waals surface area contributed by atoms with Crippen molar-refractivity contribution in [1.82, 2.24) is 0 Å². The number of allylic oxidation sites excluding steroid dienone is 8. The molecule has 3 heteroatoms. The minimum absolute atomic E-state index is 0. The Balaban J connectivity index is 0. The Labute approximate surface area is 151 Å². The molecule has 0 aromatic carbocycles. The third kappa shape index (κ3) is 5.25. The van der Waals surface area contributed by atoms with Gasteiger partial charge in [0, 0.05) is 0 Å². The molecule has 110 valence electrons. The summed E-state index contributed by atoms with van der Waals surface area (Å²) in [4.78, 5) is 0. The van der Waals surface area contributed by atoms with Gasteiger partial charge in [-0.15, -0.1) is 6.92 Å². The van der Waals surface area contributed by atoms with Gasteiger partial charge in [0.2, 0.25) is 0 Å². The summed E-state index contributed by atoms with van der Waals surface area (Å²) in [6, 6.07) is 0. The van der Waals surface area contributed by atoms with E-state index < -0.39 is 0 Å². The molecule has 20 heavy (non-hydrogen) atoms. The molecule has 0 heterocycles. The molecule has 0 radical (unpaired) electrons. The summed E-state index contributed by atoms with van der Waals surface area (Å²) in [5, 5.41) is 0. The molecule has 0 saturated carbocycles. The van der Waals surface area contributed by atoms with E-state index in [2.05, 4.69) is 65.8 Å². The van der Waals surface area contributed by atoms with Gasteiger partial charge in [0.05, 0.1) is 0 Å². The largest absolute Gasteiger partial charge is 1.00 e. The topological polar surface area (TPSA) is 0 Å². The van der Waals surface area contributed by atoms with E-state index in [0.717, 1.165) is 6.42 Å². The molecule has 0 aromatic rings. The van der Waals surface area contributed by atoms with Crippen LogP contribution in [-0.2, 0) is 24.2 Å². The second-order valence-electron chi connectivity index (χ2n) is 5.45. The van der Waals surface area contributed by atoms with Crippen molar-refractivity contribution < 1.29 is 49.0 Å². The number of rotatable bonds is 1. The van der Waals surface area contributed by atoms with Crippen LogP contribution >= 0.6 is 0 Å². The SMILES string of the molecule is CC1=[C-]C(C)(C2=CC=CC2)C(C)=C1C.C[C](C)=[Zr+2].[Cl-].[Cl-]. The average molecular weight is 390 g/mol. The fourth-order valence-corrected chi connectivity index (χ4v) is 2.36. The van der Waals surface area contributed by atoms with E-state index in [4.69, 9.17) is 0 Å². The van der Waals surface area contributed by atoms with E-state index in [1.54, 1.807) is 24.2 Å². The first-order chi connectivity index (χ1) is 8.29. The summed E-state index contributed by atoms with van der Waals surface area (Å²) < 4.78 is 1.51. The first kappa shape index (κ1) is 22.6. The monoisotopic (exact) mass is 387 g/mol. The summed E-state index contributed by atoms with van der Waals surface area (Å²) in [5.74, 6) is 0. The van der Waals surface area contributed by atoms with E-state index in [1.807, 2.05) is 0 Å². The van der Waals surface area contributed by atoms with Crippen molar-refractivity contribution in [3.05, 3.63) is 46.6 Å². The predicted octanol–water partition coefficient (Wildman–Crippen LogP) is -1.27. The molecule has 0 aromatic heterocycles. The van der Waals surface area contributed by atoms with Gasteiger partial charge in [-0.25, -0.2) is 5.57 Å². The fraction of sp³-hybridized carbons (Fsp3) is 0.471. The molecule has 2 rings (SSSR count). The molecule has 0 N–H and O–H groups in total. The van der Waals surface area contributed by atoms with Gasteiger partial charge in [0.1, 0.15) is 0 Å². The molecular formula is C17H23Cl2Zr-. The van der Waals surface area contributed by atoms with Crippen molar-refractivity contribution >= 4 is 3.21 Å². The third-order valence-corrected chi connectivity index (χ3v) is 3.73. The van der Waals surface area contributed by atoms with Crippen LogP contribution < -0.4 is 24.8 Å². The second-order valence-corrected chi connectivity index (χ2v) is 7.91. The first-order valence-electron chi connectivity index (χ1n) is 6.47. The summed E-state index contributed by atoms with van der Waals surface area (Å²) >= 11 is 1.55. The van der Waals surface area contributed by atoms with Crippen LogP contribution in [0, 0.1) is 11.5 Å². The standard InChI is InChI=1S/C14H17.C3H6.2ClH.Zr/c1-10-9-14(4,12(3)11(10)2)13-7-5-6-8-13;1-3-2;;;/h5-7H,8H2,1-4H3;1-2H3;2*1H;/q-1;;;;+2/p-2. The Morgan fingerprint density at radius 3 is 2.00 bits per heavy atom. The Hall–Kier alpha value is 0.293. The second kappa shape index (κ2) is 9.34. The van der Waals surface area contributed by atoms with Crippen LogP contribution in [0.25, 0.3) is 0 Å². The Kier molecular flexibility index (Phi) is 10.5. The Morgan fingerprint density at radius 1 is 1.20 bits per heavy atom. The van der Waals surface area contributed by atoms with Crippen molar-refractivity contribution in [3.63, 3.8) is 0 Å². The van der Waals surface area contributed by atoms with Crippen molar-refractivity contribution in [1.29, 1.82) is 0 Å². The van der Waals surface area contributed by atoms with Crippen LogP contribution in [-0.4, -0.2) is 3.21 Å². The van der Waals surface area contributed by atoms with Crippen molar-refractivity contribution in [2.24, 2.45) is 5.41 Å². The molecule has 2 aliphatic carbocycles. The van der Waals surface area contributed by atoms with Gasteiger partial charge in [0.15, 0.2) is 0 Å². The van der Waals surface area contributed by atoms with E-state index >= 15 is 0 Å². The van der Waals surface area contributed by atoms with E-state index in [0.29, 0.717) is 0 Å². The maximum absolute atomic E-state index is 3.61.